The van der Waals surface area contributed by atoms with Gasteiger partial charge in [0.15, 0.2) is 5.89 Å². The summed E-state index contributed by atoms with van der Waals surface area (Å²) in [6.45, 7) is 4.42. The van der Waals surface area contributed by atoms with Gasteiger partial charge in [0.1, 0.15) is 11.5 Å². The highest BCUT2D eigenvalue weighted by Gasteiger charge is 2.30. The van der Waals surface area contributed by atoms with E-state index < -0.39 is 5.97 Å². The Morgan fingerprint density at radius 3 is 2.73 bits per heavy atom. The minimum Gasteiger partial charge on any atom is -0.481 e. The van der Waals surface area contributed by atoms with Crippen molar-refractivity contribution in [2.45, 2.75) is 52.0 Å². The van der Waals surface area contributed by atoms with Crippen molar-refractivity contribution in [1.82, 2.24) is 15.2 Å². The predicted molar refractivity (Wildman–Crippen MR) is 113 cm³/mol. The Balaban J connectivity index is 0.000000589. The van der Waals surface area contributed by atoms with Gasteiger partial charge in [0, 0.05) is 32.2 Å². The van der Waals surface area contributed by atoms with Crippen LogP contribution >= 0.6 is 0 Å². The van der Waals surface area contributed by atoms with Gasteiger partial charge in [-0.05, 0) is 44.3 Å². The van der Waals surface area contributed by atoms with Crippen LogP contribution in [0.4, 0.5) is 0 Å². The molecule has 1 saturated heterocycles. The maximum absolute atomic E-state index is 12.9. The molecule has 0 bridgehead atoms. The van der Waals surface area contributed by atoms with E-state index in [1.807, 2.05) is 11.0 Å². The summed E-state index contributed by atoms with van der Waals surface area (Å²) in [6.07, 6.45) is 5.55. The Bertz CT molecular complexity index is 822. The molecule has 7 nitrogen and oxygen atoms in total. The number of benzene rings is 1. The summed E-state index contributed by atoms with van der Waals surface area (Å²) in [6, 6.07) is 10.4. The zero-order valence-electron chi connectivity index (χ0n) is 17.6. The van der Waals surface area contributed by atoms with Crippen LogP contribution in [0.5, 0.6) is 0 Å². The van der Waals surface area contributed by atoms with Crippen LogP contribution in [0.15, 0.2) is 34.7 Å². The Morgan fingerprint density at radius 2 is 1.97 bits per heavy atom. The van der Waals surface area contributed by atoms with E-state index in [4.69, 9.17) is 14.3 Å². The first kappa shape index (κ1) is 22.0. The van der Waals surface area contributed by atoms with Gasteiger partial charge < -0.3 is 19.7 Å². The number of rotatable bonds is 4. The van der Waals surface area contributed by atoms with Crippen LogP contribution in [-0.4, -0.2) is 46.5 Å². The smallest absolute Gasteiger partial charge is 0.300 e. The van der Waals surface area contributed by atoms with Gasteiger partial charge in [-0.25, -0.2) is 4.98 Å². The number of oxazole rings is 1. The maximum Gasteiger partial charge on any atom is 0.300 e. The van der Waals surface area contributed by atoms with Gasteiger partial charge >= 0.3 is 0 Å². The summed E-state index contributed by atoms with van der Waals surface area (Å²) in [7, 11) is 0. The number of carboxylic acid groups (broad SMARTS) is 1. The van der Waals surface area contributed by atoms with Crippen molar-refractivity contribution in [3.05, 3.63) is 53.2 Å². The summed E-state index contributed by atoms with van der Waals surface area (Å²) >= 11 is 0. The lowest BCUT2D eigenvalue weighted by atomic mass is 9.98. The molecule has 0 saturated carbocycles. The SMILES string of the molecule is CC(=O)O.O=C(C1CCCNCC1)N1CCc2oc(CCc3ccccc3)nc2C1. The Kier molecular flexibility index (Phi) is 8.02. The number of fused-ring (bicyclic) bond motifs is 1. The molecule has 7 heteroatoms. The van der Waals surface area contributed by atoms with Gasteiger partial charge in [0.2, 0.25) is 5.91 Å². The summed E-state index contributed by atoms with van der Waals surface area (Å²) in [5.74, 6) is 1.40. The van der Waals surface area contributed by atoms with Gasteiger partial charge in [-0.3, -0.25) is 9.59 Å². The Morgan fingerprint density at radius 1 is 1.20 bits per heavy atom. The summed E-state index contributed by atoms with van der Waals surface area (Å²) in [5, 5.41) is 10.8. The third-order valence-electron chi connectivity index (χ3n) is 5.48. The van der Waals surface area contributed by atoms with Crippen LogP contribution in [0.25, 0.3) is 0 Å². The first-order valence-corrected chi connectivity index (χ1v) is 10.7. The topological polar surface area (TPSA) is 95.7 Å². The normalized spacial score (nSPS) is 18.6. The number of carbonyl (C=O) groups excluding carboxylic acids is 1. The second kappa shape index (κ2) is 10.9. The molecule has 0 aliphatic carbocycles. The van der Waals surface area contributed by atoms with E-state index in [1.165, 1.54) is 5.56 Å². The highest BCUT2D eigenvalue weighted by atomic mass is 16.4. The number of carboxylic acids is 1. The van der Waals surface area contributed by atoms with E-state index in [1.54, 1.807) is 0 Å². The fraction of sp³-hybridized carbons (Fsp3) is 0.522. The molecule has 0 radical (unpaired) electrons. The van der Waals surface area contributed by atoms with E-state index in [2.05, 4.69) is 34.6 Å². The van der Waals surface area contributed by atoms with Crippen molar-refractivity contribution in [1.29, 1.82) is 0 Å². The lowest BCUT2D eigenvalue weighted by molar-refractivity contribution is -0.137. The van der Waals surface area contributed by atoms with Crippen molar-refractivity contribution in [3.63, 3.8) is 0 Å². The lowest BCUT2D eigenvalue weighted by Crippen LogP contribution is -2.40. The van der Waals surface area contributed by atoms with Gasteiger partial charge in [-0.2, -0.15) is 0 Å². The zero-order chi connectivity index (χ0) is 21.3. The number of carbonyl (C=O) groups is 2. The molecule has 2 N–H and O–H groups in total. The third kappa shape index (κ3) is 6.42. The number of aryl methyl sites for hydroxylation is 2. The van der Waals surface area contributed by atoms with E-state index >= 15 is 0 Å². The molecule has 2 aliphatic rings. The van der Waals surface area contributed by atoms with Crippen molar-refractivity contribution >= 4 is 11.9 Å². The first-order valence-electron chi connectivity index (χ1n) is 10.7. The number of hydrogen-bond donors (Lipinski definition) is 2. The molecular weight excluding hydrogens is 382 g/mol. The molecule has 4 rings (SSSR count). The van der Waals surface area contributed by atoms with Crippen LogP contribution in [0.3, 0.4) is 0 Å². The van der Waals surface area contributed by atoms with Crippen molar-refractivity contribution in [3.8, 4) is 0 Å². The predicted octanol–water partition coefficient (Wildman–Crippen LogP) is 2.83. The molecular formula is C23H31N3O4. The number of hydrogen-bond acceptors (Lipinski definition) is 5. The largest absolute Gasteiger partial charge is 0.481 e. The molecule has 1 aromatic heterocycles. The number of aromatic nitrogens is 1. The molecule has 2 aliphatic heterocycles. The number of amides is 1. The summed E-state index contributed by atoms with van der Waals surface area (Å²) in [4.78, 5) is 28.6. The van der Waals surface area contributed by atoms with Gasteiger partial charge in [0.25, 0.3) is 5.97 Å². The van der Waals surface area contributed by atoms with E-state index in [0.29, 0.717) is 12.5 Å². The van der Waals surface area contributed by atoms with Crippen molar-refractivity contribution in [2.24, 2.45) is 5.92 Å². The average Bonchev–Trinajstić information content (AvgIpc) is 2.95. The third-order valence-corrected chi connectivity index (χ3v) is 5.48. The molecule has 162 valence electrons. The van der Waals surface area contributed by atoms with Crippen molar-refractivity contribution < 1.29 is 19.1 Å². The zero-order valence-corrected chi connectivity index (χ0v) is 17.6. The molecule has 1 atom stereocenters. The van der Waals surface area contributed by atoms with Crippen molar-refractivity contribution in [2.75, 3.05) is 19.6 Å². The number of aliphatic carboxylic acids is 1. The van der Waals surface area contributed by atoms with E-state index in [9.17, 15) is 4.79 Å². The molecule has 1 fully saturated rings. The highest BCUT2D eigenvalue weighted by Crippen LogP contribution is 2.24. The van der Waals surface area contributed by atoms with Gasteiger partial charge in [-0.15, -0.1) is 0 Å². The monoisotopic (exact) mass is 413 g/mol. The quantitative estimate of drug-likeness (QED) is 0.800. The maximum atomic E-state index is 12.9. The van der Waals surface area contributed by atoms with Crippen LogP contribution in [0.1, 0.15) is 49.1 Å². The van der Waals surface area contributed by atoms with Crippen LogP contribution in [0, 0.1) is 5.92 Å². The molecule has 1 aromatic carbocycles. The highest BCUT2D eigenvalue weighted by molar-refractivity contribution is 5.79. The average molecular weight is 414 g/mol. The van der Waals surface area contributed by atoms with Crippen LogP contribution < -0.4 is 5.32 Å². The number of nitrogens with one attached hydrogen (secondary N) is 1. The fourth-order valence-corrected chi connectivity index (χ4v) is 3.97. The second-order valence-corrected chi connectivity index (χ2v) is 7.87. The second-order valence-electron chi connectivity index (χ2n) is 7.87. The molecule has 3 heterocycles. The summed E-state index contributed by atoms with van der Waals surface area (Å²) in [5.41, 5.74) is 2.25. The van der Waals surface area contributed by atoms with Crippen LogP contribution in [-0.2, 0) is 35.4 Å². The molecule has 2 aromatic rings. The minimum atomic E-state index is -0.833. The Labute approximate surface area is 177 Å². The first-order chi connectivity index (χ1) is 14.5. The van der Waals surface area contributed by atoms with Crippen LogP contribution in [0.2, 0.25) is 0 Å². The Hall–Kier alpha value is -2.67. The molecule has 1 unspecified atom stereocenters. The van der Waals surface area contributed by atoms with Gasteiger partial charge in [0.05, 0.1) is 6.54 Å². The van der Waals surface area contributed by atoms with E-state index in [0.717, 1.165) is 82.4 Å². The molecule has 30 heavy (non-hydrogen) atoms. The summed E-state index contributed by atoms with van der Waals surface area (Å²) < 4.78 is 5.96. The minimum absolute atomic E-state index is 0.163. The van der Waals surface area contributed by atoms with E-state index in [-0.39, 0.29) is 5.92 Å². The lowest BCUT2D eigenvalue weighted by Gasteiger charge is -2.28. The number of nitrogens with zero attached hydrogens (tertiary/aromatic N) is 2. The van der Waals surface area contributed by atoms with Gasteiger partial charge in [-0.1, -0.05) is 30.3 Å². The standard InChI is InChI=1S/C21H27N3O2.C2H4O2/c25-21(17-7-4-12-22-13-10-17)24-14-11-19-18(15-24)23-20(26-19)9-8-16-5-2-1-3-6-16;1-2(3)4/h1-3,5-6,17,22H,4,7-15H2;1H3,(H,3,4). The fourth-order valence-electron chi connectivity index (χ4n) is 3.97. The molecule has 1 amide bonds. The molecule has 0 spiro atoms.